The van der Waals surface area contributed by atoms with Crippen LogP contribution in [0, 0.1) is 0 Å². The van der Waals surface area contributed by atoms with E-state index in [4.69, 9.17) is 9.52 Å². The first kappa shape index (κ1) is 13.4. The van der Waals surface area contributed by atoms with Crippen molar-refractivity contribution in [2.24, 2.45) is 0 Å². The second-order valence-corrected chi connectivity index (χ2v) is 6.21. The van der Waals surface area contributed by atoms with Crippen molar-refractivity contribution in [3.05, 3.63) is 53.5 Å². The van der Waals surface area contributed by atoms with Crippen LogP contribution in [0.2, 0.25) is 0 Å². The van der Waals surface area contributed by atoms with Gasteiger partial charge in [-0.1, -0.05) is 12.1 Å². The molecule has 1 aromatic carbocycles. The molecule has 1 aromatic heterocycles. The number of amides is 1. The average Bonchev–Trinajstić information content (AvgIpc) is 2.98. The van der Waals surface area contributed by atoms with Crippen molar-refractivity contribution in [2.45, 2.75) is 11.4 Å². The smallest absolute Gasteiger partial charge is 0.339 e. The van der Waals surface area contributed by atoms with Crippen LogP contribution >= 0.6 is 0 Å². The highest BCUT2D eigenvalue weighted by Gasteiger charge is 2.41. The van der Waals surface area contributed by atoms with Crippen LogP contribution in [0.5, 0.6) is 0 Å². The van der Waals surface area contributed by atoms with E-state index in [1.165, 1.54) is 24.3 Å². The Kier molecular flexibility index (Phi) is 2.84. The van der Waals surface area contributed by atoms with Gasteiger partial charge in [0.15, 0.2) is 0 Å². The molecule has 108 valence electrons. The summed E-state index contributed by atoms with van der Waals surface area (Å²) in [6.45, 7) is -0.454. The lowest BCUT2D eigenvalue weighted by Crippen LogP contribution is -2.29. The normalized spacial score (nSPS) is 16.0. The lowest BCUT2D eigenvalue weighted by molar-refractivity contribution is 0.0690. The number of carboxylic acids is 1. The Morgan fingerprint density at radius 1 is 1.24 bits per heavy atom. The minimum atomic E-state index is -3.98. The zero-order chi connectivity index (χ0) is 15.2. The number of carboxylic acid groups (broad SMARTS) is 1. The lowest BCUT2D eigenvalue weighted by atomic mass is 10.2. The molecule has 1 N–H and O–H groups in total. The summed E-state index contributed by atoms with van der Waals surface area (Å²) in [4.78, 5) is 23.1. The van der Waals surface area contributed by atoms with Crippen molar-refractivity contribution in [1.29, 1.82) is 0 Å². The number of fused-ring (bicyclic) bond motifs is 1. The van der Waals surface area contributed by atoms with Crippen LogP contribution in [0.1, 0.15) is 26.5 Å². The number of rotatable bonds is 3. The Labute approximate surface area is 119 Å². The van der Waals surface area contributed by atoms with Crippen molar-refractivity contribution in [2.75, 3.05) is 0 Å². The highest BCUT2D eigenvalue weighted by atomic mass is 32.2. The molecule has 2 aromatic rings. The van der Waals surface area contributed by atoms with E-state index in [1.54, 1.807) is 6.07 Å². The van der Waals surface area contributed by atoms with Crippen LogP contribution < -0.4 is 0 Å². The third kappa shape index (κ3) is 1.91. The van der Waals surface area contributed by atoms with Crippen molar-refractivity contribution < 1.29 is 27.5 Å². The molecule has 0 radical (unpaired) electrons. The van der Waals surface area contributed by atoms with Crippen molar-refractivity contribution in [3.63, 3.8) is 0 Å². The Bertz CT molecular complexity index is 851. The van der Waals surface area contributed by atoms with E-state index >= 15 is 0 Å². The third-order valence-corrected chi connectivity index (χ3v) is 4.96. The molecule has 0 unspecified atom stereocenters. The largest absolute Gasteiger partial charge is 0.478 e. The minimum absolute atomic E-state index is 0.0703. The number of carbonyl (C=O) groups excluding carboxylic acids is 1. The van der Waals surface area contributed by atoms with E-state index in [1.807, 2.05) is 0 Å². The standard InChI is InChI=1S/C13H9NO6S/c15-12-9-3-1-2-4-11(9)21(18,19)14(12)7-10-8(13(16)17)5-6-20-10/h1-6H,7H2,(H,16,17). The highest BCUT2D eigenvalue weighted by molar-refractivity contribution is 7.90. The second kappa shape index (κ2) is 4.45. The number of benzene rings is 1. The Morgan fingerprint density at radius 2 is 1.95 bits per heavy atom. The Morgan fingerprint density at radius 3 is 2.62 bits per heavy atom. The number of carbonyl (C=O) groups is 2. The summed E-state index contributed by atoms with van der Waals surface area (Å²) < 4.78 is 30.2. The van der Waals surface area contributed by atoms with E-state index in [0.717, 1.165) is 6.26 Å². The number of hydrogen-bond donors (Lipinski definition) is 1. The lowest BCUT2D eigenvalue weighted by Gasteiger charge is -2.13. The Balaban J connectivity index is 2.04. The summed E-state index contributed by atoms with van der Waals surface area (Å²) in [5.74, 6) is -2.04. The van der Waals surface area contributed by atoms with E-state index in [0.29, 0.717) is 4.31 Å². The van der Waals surface area contributed by atoms with Gasteiger partial charge in [-0.2, -0.15) is 0 Å². The third-order valence-electron chi connectivity index (χ3n) is 3.18. The van der Waals surface area contributed by atoms with E-state index in [9.17, 15) is 18.0 Å². The molecule has 1 aliphatic rings. The van der Waals surface area contributed by atoms with Crippen molar-refractivity contribution in [1.82, 2.24) is 4.31 Å². The molecule has 0 bridgehead atoms. The van der Waals surface area contributed by atoms with Crippen molar-refractivity contribution in [3.8, 4) is 0 Å². The zero-order valence-electron chi connectivity index (χ0n) is 10.5. The van der Waals surface area contributed by atoms with Gasteiger partial charge in [0.1, 0.15) is 16.2 Å². The molecule has 2 heterocycles. The van der Waals surface area contributed by atoms with Crippen LogP contribution in [0.25, 0.3) is 0 Å². The number of hydrogen-bond acceptors (Lipinski definition) is 5. The van der Waals surface area contributed by atoms with Crippen molar-refractivity contribution >= 4 is 21.9 Å². The van der Waals surface area contributed by atoms with Gasteiger partial charge >= 0.3 is 5.97 Å². The number of furan rings is 1. The van der Waals surface area contributed by atoms with Gasteiger partial charge in [-0.15, -0.1) is 0 Å². The summed E-state index contributed by atoms with van der Waals surface area (Å²) in [6.07, 6.45) is 1.14. The van der Waals surface area contributed by atoms with Crippen LogP contribution in [0.15, 0.2) is 45.9 Å². The molecular formula is C13H9NO6S. The van der Waals surface area contributed by atoms with Crippen LogP contribution in [-0.2, 0) is 16.6 Å². The first-order valence-electron chi connectivity index (χ1n) is 5.88. The molecule has 0 saturated carbocycles. The van der Waals surface area contributed by atoms with E-state index in [2.05, 4.69) is 0 Å². The fourth-order valence-corrected chi connectivity index (χ4v) is 3.70. The molecular weight excluding hydrogens is 298 g/mol. The summed E-state index contributed by atoms with van der Waals surface area (Å²) >= 11 is 0. The summed E-state index contributed by atoms with van der Waals surface area (Å²) in [5.41, 5.74) is -0.102. The maximum atomic E-state index is 12.3. The zero-order valence-corrected chi connectivity index (χ0v) is 11.3. The maximum Gasteiger partial charge on any atom is 0.339 e. The second-order valence-electron chi connectivity index (χ2n) is 4.38. The predicted molar refractivity (Wildman–Crippen MR) is 69.2 cm³/mol. The van der Waals surface area contributed by atoms with Crippen LogP contribution in [-0.4, -0.2) is 29.7 Å². The first-order chi connectivity index (χ1) is 9.93. The molecule has 0 spiro atoms. The van der Waals surface area contributed by atoms with Gasteiger partial charge in [0.05, 0.1) is 18.4 Å². The molecule has 0 fully saturated rings. The van der Waals surface area contributed by atoms with Gasteiger partial charge in [0, 0.05) is 0 Å². The van der Waals surface area contributed by atoms with Gasteiger partial charge in [-0.3, -0.25) is 4.79 Å². The predicted octanol–water partition coefficient (Wildman–Crippen LogP) is 1.32. The molecule has 7 nitrogen and oxygen atoms in total. The monoisotopic (exact) mass is 307 g/mol. The molecule has 1 aliphatic heterocycles. The average molecular weight is 307 g/mol. The summed E-state index contributed by atoms with van der Waals surface area (Å²) in [6, 6.07) is 7.03. The summed E-state index contributed by atoms with van der Waals surface area (Å²) in [5, 5.41) is 8.99. The maximum absolute atomic E-state index is 12.3. The topological polar surface area (TPSA) is 105 Å². The Hall–Kier alpha value is -2.61. The molecule has 0 atom stereocenters. The fraction of sp³-hybridized carbons (Fsp3) is 0.0769. The SMILES string of the molecule is O=C(O)c1ccoc1CN1C(=O)c2ccccc2S1(=O)=O. The van der Waals surface area contributed by atoms with Gasteiger partial charge in [0.2, 0.25) is 0 Å². The quantitative estimate of drug-likeness (QED) is 0.917. The van der Waals surface area contributed by atoms with Crippen LogP contribution in [0.4, 0.5) is 0 Å². The number of sulfonamides is 1. The van der Waals surface area contributed by atoms with Crippen LogP contribution in [0.3, 0.4) is 0 Å². The summed E-state index contributed by atoms with van der Waals surface area (Å²) in [7, 11) is -3.98. The first-order valence-corrected chi connectivity index (χ1v) is 7.32. The molecule has 3 rings (SSSR count). The fourth-order valence-electron chi connectivity index (χ4n) is 2.17. The molecule has 1 amide bonds. The highest BCUT2D eigenvalue weighted by Crippen LogP contribution is 2.31. The van der Waals surface area contributed by atoms with Gasteiger partial charge < -0.3 is 9.52 Å². The molecule has 21 heavy (non-hydrogen) atoms. The van der Waals surface area contributed by atoms with Gasteiger partial charge in [-0.25, -0.2) is 17.5 Å². The molecule has 0 aliphatic carbocycles. The number of aromatic carboxylic acids is 1. The molecule has 8 heteroatoms. The van der Waals surface area contributed by atoms with Gasteiger partial charge in [-0.05, 0) is 18.2 Å². The number of nitrogens with zero attached hydrogens (tertiary/aromatic N) is 1. The van der Waals surface area contributed by atoms with E-state index < -0.39 is 28.4 Å². The van der Waals surface area contributed by atoms with Gasteiger partial charge in [0.25, 0.3) is 15.9 Å². The molecule has 0 saturated heterocycles. The minimum Gasteiger partial charge on any atom is -0.478 e. The van der Waals surface area contributed by atoms with E-state index in [-0.39, 0.29) is 21.8 Å².